The van der Waals surface area contributed by atoms with Crippen molar-refractivity contribution < 1.29 is 0 Å². The highest BCUT2D eigenvalue weighted by molar-refractivity contribution is 5.52. The third kappa shape index (κ3) is 2.03. The van der Waals surface area contributed by atoms with Gasteiger partial charge in [0.25, 0.3) is 0 Å². The summed E-state index contributed by atoms with van der Waals surface area (Å²) in [6.45, 7) is 18.3. The smallest absolute Gasteiger partial charge is 0.0126 e. The summed E-state index contributed by atoms with van der Waals surface area (Å²) in [4.78, 5) is 0. The van der Waals surface area contributed by atoms with Gasteiger partial charge in [-0.05, 0) is 72.9 Å². The molecular formula is C16H26. The lowest BCUT2D eigenvalue weighted by atomic mass is 9.76. The quantitative estimate of drug-likeness (QED) is 0.636. The minimum Gasteiger partial charge on any atom is -0.0613 e. The first kappa shape index (κ1) is 13.3. The molecule has 0 fully saturated rings. The van der Waals surface area contributed by atoms with Crippen LogP contribution in [0.5, 0.6) is 0 Å². The van der Waals surface area contributed by atoms with Crippen LogP contribution in [0.25, 0.3) is 0 Å². The summed E-state index contributed by atoms with van der Waals surface area (Å²) in [5.41, 5.74) is 9.31. The molecule has 0 atom stereocenters. The predicted molar refractivity (Wildman–Crippen MR) is 73.5 cm³/mol. The van der Waals surface area contributed by atoms with E-state index in [1.807, 2.05) is 0 Å². The van der Waals surface area contributed by atoms with E-state index in [2.05, 4.69) is 55.4 Å². The highest BCUT2D eigenvalue weighted by Gasteiger charge is 2.22. The van der Waals surface area contributed by atoms with Gasteiger partial charge in [-0.25, -0.2) is 0 Å². The molecule has 0 aliphatic carbocycles. The van der Waals surface area contributed by atoms with Crippen molar-refractivity contribution in [3.63, 3.8) is 0 Å². The largest absolute Gasteiger partial charge is 0.0613 e. The van der Waals surface area contributed by atoms with Crippen LogP contribution >= 0.6 is 0 Å². The van der Waals surface area contributed by atoms with Crippen molar-refractivity contribution >= 4 is 0 Å². The molecule has 0 saturated carbocycles. The zero-order valence-electron chi connectivity index (χ0n) is 12.2. The van der Waals surface area contributed by atoms with Gasteiger partial charge >= 0.3 is 0 Å². The zero-order chi connectivity index (χ0) is 12.7. The fourth-order valence-electron chi connectivity index (χ4n) is 3.06. The molecule has 0 heterocycles. The fourth-order valence-corrected chi connectivity index (χ4v) is 3.06. The fraction of sp³-hybridized carbons (Fsp3) is 0.625. The average molecular weight is 218 g/mol. The Morgan fingerprint density at radius 1 is 0.750 bits per heavy atom. The SMILES string of the molecule is CCc1c(C)c(C)c(C)c(C(C)(C)C)c1C. The highest BCUT2D eigenvalue weighted by atomic mass is 14.3. The lowest BCUT2D eigenvalue weighted by Gasteiger charge is -2.29. The molecule has 0 N–H and O–H groups in total. The molecule has 0 heteroatoms. The van der Waals surface area contributed by atoms with Crippen LogP contribution in [0.2, 0.25) is 0 Å². The van der Waals surface area contributed by atoms with E-state index in [1.54, 1.807) is 11.1 Å². The molecule has 0 saturated heterocycles. The first-order valence-corrected chi connectivity index (χ1v) is 6.31. The van der Waals surface area contributed by atoms with Crippen LogP contribution in [0.4, 0.5) is 0 Å². The summed E-state index contributed by atoms with van der Waals surface area (Å²) >= 11 is 0. The van der Waals surface area contributed by atoms with E-state index in [0.717, 1.165) is 6.42 Å². The lowest BCUT2D eigenvalue weighted by molar-refractivity contribution is 0.579. The normalized spacial score (nSPS) is 12.0. The molecule has 1 aromatic carbocycles. The van der Waals surface area contributed by atoms with Gasteiger partial charge in [0.15, 0.2) is 0 Å². The second kappa shape index (κ2) is 4.24. The summed E-state index contributed by atoms with van der Waals surface area (Å²) in [6, 6.07) is 0. The maximum atomic E-state index is 2.32. The Morgan fingerprint density at radius 2 is 1.25 bits per heavy atom. The average Bonchev–Trinajstić information content (AvgIpc) is 2.13. The van der Waals surface area contributed by atoms with E-state index in [4.69, 9.17) is 0 Å². The van der Waals surface area contributed by atoms with E-state index in [9.17, 15) is 0 Å². The molecule has 90 valence electrons. The van der Waals surface area contributed by atoms with Crippen molar-refractivity contribution in [2.24, 2.45) is 0 Å². The molecule has 1 aromatic rings. The van der Waals surface area contributed by atoms with Crippen molar-refractivity contribution in [2.45, 2.75) is 67.2 Å². The van der Waals surface area contributed by atoms with Gasteiger partial charge in [0.2, 0.25) is 0 Å². The summed E-state index contributed by atoms with van der Waals surface area (Å²) in [6.07, 6.45) is 1.14. The Labute approximate surface area is 101 Å². The van der Waals surface area contributed by atoms with E-state index in [0.29, 0.717) is 0 Å². The van der Waals surface area contributed by atoms with Gasteiger partial charge in [-0.1, -0.05) is 27.7 Å². The van der Waals surface area contributed by atoms with Crippen LogP contribution in [-0.4, -0.2) is 0 Å². The predicted octanol–water partition coefficient (Wildman–Crippen LogP) is 4.78. The van der Waals surface area contributed by atoms with Crippen LogP contribution in [0.1, 0.15) is 61.1 Å². The van der Waals surface area contributed by atoms with Gasteiger partial charge in [0.05, 0.1) is 0 Å². The molecule has 0 spiro atoms. The monoisotopic (exact) mass is 218 g/mol. The first-order chi connectivity index (χ1) is 7.21. The maximum Gasteiger partial charge on any atom is -0.0126 e. The van der Waals surface area contributed by atoms with Gasteiger partial charge < -0.3 is 0 Å². The van der Waals surface area contributed by atoms with Crippen LogP contribution in [0.3, 0.4) is 0 Å². The minimum absolute atomic E-state index is 0.247. The number of hydrogen-bond donors (Lipinski definition) is 0. The Hall–Kier alpha value is -0.780. The molecule has 0 bridgehead atoms. The standard InChI is InChI=1S/C16H26/c1-9-14-11(3)10(2)12(4)15(13(14)5)16(6,7)8/h9H2,1-8H3. The van der Waals surface area contributed by atoms with E-state index in [1.165, 1.54) is 22.3 Å². The van der Waals surface area contributed by atoms with Crippen LogP contribution in [-0.2, 0) is 11.8 Å². The molecule has 0 radical (unpaired) electrons. The molecule has 0 aliphatic heterocycles. The zero-order valence-corrected chi connectivity index (χ0v) is 12.2. The number of rotatable bonds is 1. The molecular weight excluding hydrogens is 192 g/mol. The summed E-state index contributed by atoms with van der Waals surface area (Å²) in [5.74, 6) is 0. The van der Waals surface area contributed by atoms with Crippen LogP contribution < -0.4 is 0 Å². The van der Waals surface area contributed by atoms with E-state index >= 15 is 0 Å². The van der Waals surface area contributed by atoms with Crippen molar-refractivity contribution in [3.05, 3.63) is 33.4 Å². The molecule has 16 heavy (non-hydrogen) atoms. The van der Waals surface area contributed by atoms with E-state index in [-0.39, 0.29) is 5.41 Å². The highest BCUT2D eigenvalue weighted by Crippen LogP contribution is 2.35. The minimum atomic E-state index is 0.247. The summed E-state index contributed by atoms with van der Waals surface area (Å²) < 4.78 is 0. The summed E-state index contributed by atoms with van der Waals surface area (Å²) in [5, 5.41) is 0. The molecule has 0 aromatic heterocycles. The Morgan fingerprint density at radius 3 is 1.62 bits per heavy atom. The third-order valence-corrected chi connectivity index (χ3v) is 3.88. The topological polar surface area (TPSA) is 0 Å². The van der Waals surface area contributed by atoms with Crippen molar-refractivity contribution in [1.29, 1.82) is 0 Å². The van der Waals surface area contributed by atoms with E-state index < -0.39 is 0 Å². The Bertz CT molecular complexity index is 403. The van der Waals surface area contributed by atoms with Gasteiger partial charge in [-0.15, -0.1) is 0 Å². The van der Waals surface area contributed by atoms with Gasteiger partial charge in [0, 0.05) is 0 Å². The number of benzene rings is 1. The third-order valence-electron chi connectivity index (χ3n) is 3.88. The van der Waals surface area contributed by atoms with Gasteiger partial charge in [-0.2, -0.15) is 0 Å². The second-order valence-corrected chi connectivity index (χ2v) is 5.96. The molecule has 0 nitrogen and oxygen atoms in total. The lowest BCUT2D eigenvalue weighted by Crippen LogP contribution is -2.18. The maximum absolute atomic E-state index is 2.32. The van der Waals surface area contributed by atoms with Crippen molar-refractivity contribution in [1.82, 2.24) is 0 Å². The van der Waals surface area contributed by atoms with Gasteiger partial charge in [0.1, 0.15) is 0 Å². The summed E-state index contributed by atoms with van der Waals surface area (Å²) in [7, 11) is 0. The van der Waals surface area contributed by atoms with Crippen LogP contribution in [0, 0.1) is 27.7 Å². The Kier molecular flexibility index (Phi) is 3.52. The molecule has 0 unspecified atom stereocenters. The van der Waals surface area contributed by atoms with Gasteiger partial charge in [-0.3, -0.25) is 0 Å². The first-order valence-electron chi connectivity index (χ1n) is 6.31. The molecule has 0 amide bonds. The second-order valence-electron chi connectivity index (χ2n) is 5.96. The number of hydrogen-bond acceptors (Lipinski definition) is 0. The molecule has 0 aliphatic rings. The Balaban J connectivity index is 3.69. The van der Waals surface area contributed by atoms with Crippen molar-refractivity contribution in [2.75, 3.05) is 0 Å². The van der Waals surface area contributed by atoms with Crippen LogP contribution in [0.15, 0.2) is 0 Å². The van der Waals surface area contributed by atoms with Crippen molar-refractivity contribution in [3.8, 4) is 0 Å². The molecule has 1 rings (SSSR count).